The fourth-order valence-corrected chi connectivity index (χ4v) is 3.41. The molecule has 2 aliphatic rings. The van der Waals surface area contributed by atoms with Crippen LogP contribution in [0.1, 0.15) is 30.2 Å². The minimum absolute atomic E-state index is 0.314. The molecule has 0 saturated heterocycles. The Bertz CT molecular complexity index is 712. The monoisotopic (exact) mass is 284 g/mol. The Kier molecular flexibility index (Phi) is 3.00. The SMILES string of the molecule is CCCN1CCc2nc3cc4c(cc3c(C)c2C1)OCO4. The molecule has 0 aliphatic carbocycles. The molecule has 21 heavy (non-hydrogen) atoms. The lowest BCUT2D eigenvalue weighted by atomic mass is 9.96. The fourth-order valence-electron chi connectivity index (χ4n) is 3.41. The molecule has 0 atom stereocenters. The number of aryl methyl sites for hydroxylation is 1. The summed E-state index contributed by atoms with van der Waals surface area (Å²) in [7, 11) is 0. The molecule has 0 bridgehead atoms. The van der Waals surface area contributed by atoms with Crippen molar-refractivity contribution >= 4 is 10.9 Å². The number of rotatable bonds is 2. The lowest BCUT2D eigenvalue weighted by Crippen LogP contribution is -2.32. The molecule has 4 rings (SSSR count). The van der Waals surface area contributed by atoms with Crippen LogP contribution in [0.4, 0.5) is 0 Å². The van der Waals surface area contributed by atoms with Crippen LogP contribution < -0.4 is 9.47 Å². The number of hydrogen-bond acceptors (Lipinski definition) is 4. The van der Waals surface area contributed by atoms with E-state index in [1.807, 2.05) is 6.07 Å². The van der Waals surface area contributed by atoms with Gasteiger partial charge in [0.1, 0.15) is 0 Å². The van der Waals surface area contributed by atoms with E-state index in [9.17, 15) is 0 Å². The first-order chi connectivity index (χ1) is 10.3. The number of fused-ring (bicyclic) bond motifs is 3. The van der Waals surface area contributed by atoms with Gasteiger partial charge < -0.3 is 9.47 Å². The summed E-state index contributed by atoms with van der Waals surface area (Å²) in [6, 6.07) is 4.10. The molecular weight excluding hydrogens is 264 g/mol. The van der Waals surface area contributed by atoms with Crippen LogP contribution in [0.15, 0.2) is 12.1 Å². The van der Waals surface area contributed by atoms with Crippen LogP contribution in [0.2, 0.25) is 0 Å². The Labute approximate surface area is 124 Å². The maximum Gasteiger partial charge on any atom is 0.231 e. The molecule has 1 aromatic heterocycles. The van der Waals surface area contributed by atoms with E-state index in [-0.39, 0.29) is 0 Å². The Morgan fingerprint density at radius 3 is 2.86 bits per heavy atom. The second-order valence-electron chi connectivity index (χ2n) is 5.91. The van der Waals surface area contributed by atoms with E-state index < -0.39 is 0 Å². The van der Waals surface area contributed by atoms with Gasteiger partial charge in [0.05, 0.1) is 5.52 Å². The molecule has 0 spiro atoms. The molecule has 110 valence electrons. The number of nitrogens with zero attached hydrogens (tertiary/aromatic N) is 2. The number of pyridine rings is 1. The molecule has 0 unspecified atom stereocenters. The van der Waals surface area contributed by atoms with Crippen LogP contribution in [-0.2, 0) is 13.0 Å². The highest BCUT2D eigenvalue weighted by molar-refractivity contribution is 5.87. The van der Waals surface area contributed by atoms with E-state index in [4.69, 9.17) is 14.5 Å². The number of aromatic nitrogens is 1. The summed E-state index contributed by atoms with van der Waals surface area (Å²) in [6.07, 6.45) is 2.24. The van der Waals surface area contributed by atoms with Crippen molar-refractivity contribution in [3.8, 4) is 11.5 Å². The molecule has 0 fully saturated rings. The van der Waals surface area contributed by atoms with Gasteiger partial charge in [-0.15, -0.1) is 0 Å². The summed E-state index contributed by atoms with van der Waals surface area (Å²) in [4.78, 5) is 7.41. The fraction of sp³-hybridized carbons (Fsp3) is 0.471. The van der Waals surface area contributed by atoms with Crippen LogP contribution in [0.25, 0.3) is 10.9 Å². The van der Waals surface area contributed by atoms with E-state index in [0.717, 1.165) is 43.1 Å². The van der Waals surface area contributed by atoms with E-state index >= 15 is 0 Å². The molecule has 4 heteroatoms. The molecule has 3 heterocycles. The standard InChI is InChI=1S/C17H20N2O2/c1-3-5-19-6-4-14-13(9-19)11(2)12-7-16-17(21-10-20-16)8-15(12)18-14/h7-8H,3-6,9-10H2,1-2H3. The van der Waals surface area contributed by atoms with Crippen LogP contribution in [0, 0.1) is 6.92 Å². The summed E-state index contributed by atoms with van der Waals surface area (Å²) in [5.74, 6) is 1.66. The van der Waals surface area contributed by atoms with Crippen LogP contribution in [0.5, 0.6) is 11.5 Å². The second-order valence-corrected chi connectivity index (χ2v) is 5.91. The summed E-state index contributed by atoms with van der Waals surface area (Å²) in [6.45, 7) is 8.06. The zero-order chi connectivity index (χ0) is 14.4. The van der Waals surface area contributed by atoms with Gasteiger partial charge in [0.15, 0.2) is 11.5 Å². The molecule has 0 amide bonds. The highest BCUT2D eigenvalue weighted by Crippen LogP contribution is 2.38. The van der Waals surface area contributed by atoms with E-state index in [1.165, 1.54) is 28.6 Å². The van der Waals surface area contributed by atoms with Gasteiger partial charge in [-0.1, -0.05) is 6.92 Å². The average Bonchev–Trinajstić information content (AvgIpc) is 2.94. The molecule has 0 radical (unpaired) electrons. The minimum Gasteiger partial charge on any atom is -0.454 e. The van der Waals surface area contributed by atoms with E-state index in [2.05, 4.69) is 24.8 Å². The lowest BCUT2D eigenvalue weighted by Gasteiger charge is -2.29. The quantitative estimate of drug-likeness (QED) is 0.849. The molecule has 4 nitrogen and oxygen atoms in total. The Morgan fingerprint density at radius 2 is 2.05 bits per heavy atom. The van der Waals surface area contributed by atoms with Gasteiger partial charge in [0, 0.05) is 36.7 Å². The first-order valence-electron chi connectivity index (χ1n) is 7.70. The predicted octanol–water partition coefficient (Wildman–Crippen LogP) is 3.04. The number of ether oxygens (including phenoxy) is 2. The third kappa shape index (κ3) is 2.05. The highest BCUT2D eigenvalue weighted by Gasteiger charge is 2.22. The van der Waals surface area contributed by atoms with Gasteiger partial charge in [-0.25, -0.2) is 0 Å². The largest absolute Gasteiger partial charge is 0.454 e. The maximum absolute atomic E-state index is 5.50. The normalized spacial score (nSPS) is 17.2. The van der Waals surface area contributed by atoms with Crippen LogP contribution in [-0.4, -0.2) is 29.8 Å². The average molecular weight is 284 g/mol. The van der Waals surface area contributed by atoms with Gasteiger partial charge in [-0.3, -0.25) is 9.88 Å². The van der Waals surface area contributed by atoms with E-state index in [0.29, 0.717) is 6.79 Å². The topological polar surface area (TPSA) is 34.6 Å². The Hall–Kier alpha value is -1.81. The predicted molar refractivity (Wildman–Crippen MR) is 81.9 cm³/mol. The lowest BCUT2D eigenvalue weighted by molar-refractivity contribution is 0.174. The molecule has 2 aliphatic heterocycles. The van der Waals surface area contributed by atoms with Crippen LogP contribution >= 0.6 is 0 Å². The molecule has 0 N–H and O–H groups in total. The molecule has 0 saturated carbocycles. The van der Waals surface area contributed by atoms with Crippen molar-refractivity contribution in [2.24, 2.45) is 0 Å². The van der Waals surface area contributed by atoms with Gasteiger partial charge in [0.2, 0.25) is 6.79 Å². The molecule has 1 aromatic carbocycles. The van der Waals surface area contributed by atoms with Crippen molar-refractivity contribution < 1.29 is 9.47 Å². The Balaban J connectivity index is 1.84. The summed E-state index contributed by atoms with van der Waals surface area (Å²) in [5.41, 5.74) is 5.03. The third-order valence-electron chi connectivity index (χ3n) is 4.54. The van der Waals surface area contributed by atoms with Gasteiger partial charge in [-0.05, 0) is 37.1 Å². The van der Waals surface area contributed by atoms with Crippen molar-refractivity contribution in [2.75, 3.05) is 19.9 Å². The van der Waals surface area contributed by atoms with Crippen molar-refractivity contribution in [3.63, 3.8) is 0 Å². The van der Waals surface area contributed by atoms with Crippen LogP contribution in [0.3, 0.4) is 0 Å². The zero-order valence-electron chi connectivity index (χ0n) is 12.6. The maximum atomic E-state index is 5.50. The van der Waals surface area contributed by atoms with E-state index in [1.54, 1.807) is 0 Å². The third-order valence-corrected chi connectivity index (χ3v) is 4.54. The summed E-state index contributed by atoms with van der Waals surface area (Å²) < 4.78 is 11.0. The van der Waals surface area contributed by atoms with Gasteiger partial charge in [-0.2, -0.15) is 0 Å². The zero-order valence-corrected chi connectivity index (χ0v) is 12.6. The van der Waals surface area contributed by atoms with Gasteiger partial charge in [0.25, 0.3) is 0 Å². The Morgan fingerprint density at radius 1 is 1.24 bits per heavy atom. The van der Waals surface area contributed by atoms with Crippen molar-refractivity contribution in [1.82, 2.24) is 9.88 Å². The second kappa shape index (κ2) is 4.88. The first kappa shape index (κ1) is 12.9. The van der Waals surface area contributed by atoms with Crippen molar-refractivity contribution in [3.05, 3.63) is 29.0 Å². The highest BCUT2D eigenvalue weighted by atomic mass is 16.7. The molecule has 2 aromatic rings. The first-order valence-corrected chi connectivity index (χ1v) is 7.70. The number of benzene rings is 1. The van der Waals surface area contributed by atoms with Gasteiger partial charge >= 0.3 is 0 Å². The minimum atomic E-state index is 0.314. The number of hydrogen-bond donors (Lipinski definition) is 0. The van der Waals surface area contributed by atoms with Crippen molar-refractivity contribution in [1.29, 1.82) is 0 Å². The van der Waals surface area contributed by atoms with Crippen molar-refractivity contribution in [2.45, 2.75) is 33.2 Å². The smallest absolute Gasteiger partial charge is 0.231 e. The summed E-state index contributed by atoms with van der Waals surface area (Å²) in [5, 5.41) is 1.19. The molecular formula is C17H20N2O2. The summed E-state index contributed by atoms with van der Waals surface area (Å²) >= 11 is 0.